The molecule has 0 spiro atoms. The van der Waals surface area contributed by atoms with E-state index in [9.17, 15) is 22.0 Å². The lowest BCUT2D eigenvalue weighted by molar-refractivity contribution is -0.0960. The summed E-state index contributed by atoms with van der Waals surface area (Å²) in [4.78, 5) is 0. The van der Waals surface area contributed by atoms with Crippen LogP contribution in [0.1, 0.15) is 6.92 Å². The average molecular weight is 219 g/mol. The normalized spacial score (nSPS) is 12.0. The van der Waals surface area contributed by atoms with E-state index < -0.39 is 10.8 Å². The van der Waals surface area contributed by atoms with Gasteiger partial charge in [0.25, 0.3) is 0 Å². The Morgan fingerprint density at radius 3 is 1.09 bits per heavy atom. The largest absolute Gasteiger partial charge is 0.398 e. The van der Waals surface area contributed by atoms with Crippen LogP contribution < -0.4 is 0 Å². The van der Waals surface area contributed by atoms with E-state index in [1.165, 1.54) is 6.92 Å². The second kappa shape index (κ2) is 4.98. The second-order valence-electron chi connectivity index (χ2n) is 1.26. The number of alkyl halides is 7. The molecule has 0 aliphatic heterocycles. The predicted octanol–water partition coefficient (Wildman–Crippen LogP) is 3.63. The molecule has 0 rings (SSSR count). The van der Waals surface area contributed by atoms with Crippen LogP contribution in [0.4, 0.5) is 22.0 Å². The number of rotatable bonds is 1. The first-order valence-electron chi connectivity index (χ1n) is 2.36. The van der Waals surface area contributed by atoms with Crippen LogP contribution in [0.15, 0.2) is 0 Å². The van der Waals surface area contributed by atoms with Gasteiger partial charge in [0.15, 0.2) is 0 Å². The van der Waals surface area contributed by atoms with Crippen molar-refractivity contribution < 1.29 is 22.0 Å². The standard InChI is InChI=1S/C2Cl2F4.C2H5F/c3-1(5,6)2(4,7)8;1-2-3/h;2H2,1H3. The van der Waals surface area contributed by atoms with Gasteiger partial charge in [0.05, 0.1) is 6.67 Å². The van der Waals surface area contributed by atoms with Crippen LogP contribution in [0.3, 0.4) is 0 Å². The smallest absolute Gasteiger partial charge is 0.251 e. The minimum absolute atomic E-state index is 0.250. The van der Waals surface area contributed by atoms with E-state index in [1.54, 1.807) is 0 Å². The van der Waals surface area contributed by atoms with Gasteiger partial charge in [-0.2, -0.15) is 17.6 Å². The highest BCUT2D eigenvalue weighted by Gasteiger charge is 2.53. The molecule has 0 aromatic rings. The molecular weight excluding hydrogens is 214 g/mol. The number of halogens is 7. The van der Waals surface area contributed by atoms with Crippen LogP contribution in [-0.2, 0) is 0 Å². The van der Waals surface area contributed by atoms with Crippen LogP contribution >= 0.6 is 23.2 Å². The molecule has 0 unspecified atom stereocenters. The molecule has 0 atom stereocenters. The summed E-state index contributed by atoms with van der Waals surface area (Å²) < 4.78 is 54.7. The van der Waals surface area contributed by atoms with Gasteiger partial charge in [-0.1, -0.05) is 0 Å². The first kappa shape index (κ1) is 13.8. The summed E-state index contributed by atoms with van der Waals surface area (Å²) in [6.07, 6.45) is 0. The lowest BCUT2D eigenvalue weighted by Gasteiger charge is -2.11. The minimum atomic E-state index is -4.66. The van der Waals surface area contributed by atoms with Gasteiger partial charge < -0.3 is 0 Å². The minimum Gasteiger partial charge on any atom is -0.251 e. The Balaban J connectivity index is 0. The van der Waals surface area contributed by atoms with E-state index in [2.05, 4.69) is 23.2 Å². The molecule has 0 nitrogen and oxygen atoms in total. The molecule has 7 heteroatoms. The SMILES string of the molecule is CCF.FC(F)(Cl)C(F)(F)Cl. The molecule has 0 radical (unpaired) electrons. The Morgan fingerprint density at radius 2 is 1.09 bits per heavy atom. The average Bonchev–Trinajstić information content (AvgIpc) is 1.60. The first-order valence-corrected chi connectivity index (χ1v) is 3.11. The van der Waals surface area contributed by atoms with Gasteiger partial charge in [0.1, 0.15) is 0 Å². The van der Waals surface area contributed by atoms with E-state index >= 15 is 0 Å². The molecule has 0 fully saturated rings. The van der Waals surface area contributed by atoms with E-state index in [4.69, 9.17) is 0 Å². The molecule has 0 aromatic carbocycles. The molecule has 0 aromatic heterocycles. The highest BCUT2D eigenvalue weighted by atomic mass is 35.5. The molecule has 70 valence electrons. The third-order valence-corrected chi connectivity index (χ3v) is 0.893. The number of hydrogen-bond acceptors (Lipinski definition) is 0. The van der Waals surface area contributed by atoms with Crippen molar-refractivity contribution >= 4 is 23.2 Å². The van der Waals surface area contributed by atoms with Gasteiger partial charge in [-0.15, -0.1) is 0 Å². The van der Waals surface area contributed by atoms with E-state index in [0.717, 1.165) is 0 Å². The van der Waals surface area contributed by atoms with E-state index in [-0.39, 0.29) is 6.67 Å². The topological polar surface area (TPSA) is 0 Å². The van der Waals surface area contributed by atoms with Gasteiger partial charge in [-0.25, -0.2) is 0 Å². The van der Waals surface area contributed by atoms with Crippen LogP contribution in [0.25, 0.3) is 0 Å². The first-order chi connectivity index (χ1) is 4.66. The second-order valence-corrected chi connectivity index (χ2v) is 2.21. The fraction of sp³-hybridized carbons (Fsp3) is 1.00. The summed E-state index contributed by atoms with van der Waals surface area (Å²) in [6, 6.07) is 0. The van der Waals surface area contributed by atoms with Crippen molar-refractivity contribution in [2.24, 2.45) is 0 Å². The maximum absolute atomic E-state index is 11.1. The maximum Gasteiger partial charge on any atom is 0.398 e. The van der Waals surface area contributed by atoms with E-state index in [0.29, 0.717) is 0 Å². The lowest BCUT2D eigenvalue weighted by Crippen LogP contribution is -2.28. The third kappa shape index (κ3) is 8.13. The highest BCUT2D eigenvalue weighted by molar-refractivity contribution is 6.31. The van der Waals surface area contributed by atoms with Gasteiger partial charge in [-0.05, 0) is 30.1 Å². The molecule has 11 heavy (non-hydrogen) atoms. The van der Waals surface area contributed by atoms with E-state index in [1.807, 2.05) is 0 Å². The summed E-state index contributed by atoms with van der Waals surface area (Å²) >= 11 is 7.59. The Morgan fingerprint density at radius 1 is 1.00 bits per heavy atom. The van der Waals surface area contributed by atoms with Crippen LogP contribution in [-0.4, -0.2) is 17.4 Å². The zero-order valence-corrected chi connectivity index (χ0v) is 6.86. The van der Waals surface area contributed by atoms with Gasteiger partial charge in [-0.3, -0.25) is 4.39 Å². The zero-order valence-electron chi connectivity index (χ0n) is 5.35. The van der Waals surface area contributed by atoms with Gasteiger partial charge in [0.2, 0.25) is 0 Å². The lowest BCUT2D eigenvalue weighted by atomic mass is 10.7. The summed E-state index contributed by atoms with van der Waals surface area (Å²) in [6.45, 7) is 1.21. The van der Waals surface area contributed by atoms with Crippen LogP contribution in [0, 0.1) is 0 Å². The summed E-state index contributed by atoms with van der Waals surface area (Å²) in [7, 11) is 0. The molecule has 0 N–H and O–H groups in total. The molecule has 0 aliphatic carbocycles. The van der Waals surface area contributed by atoms with Crippen molar-refractivity contribution in [3.63, 3.8) is 0 Å². The van der Waals surface area contributed by atoms with Gasteiger partial charge >= 0.3 is 10.8 Å². The van der Waals surface area contributed by atoms with Crippen molar-refractivity contribution in [2.45, 2.75) is 17.7 Å². The van der Waals surface area contributed by atoms with Crippen molar-refractivity contribution in [2.75, 3.05) is 6.67 Å². The summed E-state index contributed by atoms with van der Waals surface area (Å²) in [5.74, 6) is 0. The Hall–Kier alpha value is 0.230. The monoisotopic (exact) mass is 218 g/mol. The number of hydrogen-bond donors (Lipinski definition) is 0. The zero-order chi connectivity index (χ0) is 9.71. The van der Waals surface area contributed by atoms with Crippen molar-refractivity contribution in [3.05, 3.63) is 0 Å². The molecule has 0 bridgehead atoms. The highest BCUT2D eigenvalue weighted by Crippen LogP contribution is 2.40. The maximum atomic E-state index is 11.1. The quantitative estimate of drug-likeness (QED) is 0.466. The van der Waals surface area contributed by atoms with Crippen molar-refractivity contribution in [3.8, 4) is 0 Å². The molecule has 0 saturated heterocycles. The Kier molecular flexibility index (Phi) is 6.24. The van der Waals surface area contributed by atoms with Crippen LogP contribution in [0.5, 0.6) is 0 Å². The molecule has 0 amide bonds. The van der Waals surface area contributed by atoms with Crippen molar-refractivity contribution in [1.82, 2.24) is 0 Å². The fourth-order valence-corrected chi connectivity index (χ4v) is 0. The molecular formula is C4H5Cl2F5. The van der Waals surface area contributed by atoms with Gasteiger partial charge in [0, 0.05) is 0 Å². The van der Waals surface area contributed by atoms with Crippen LogP contribution in [0.2, 0.25) is 0 Å². The Bertz CT molecular complexity index is 81.6. The molecule has 0 aliphatic rings. The predicted molar refractivity (Wildman–Crippen MR) is 33.2 cm³/mol. The molecule has 0 heterocycles. The summed E-state index contributed by atoms with van der Waals surface area (Å²) in [5, 5.41) is -9.32. The summed E-state index contributed by atoms with van der Waals surface area (Å²) in [5.41, 5.74) is 0. The third-order valence-electron chi connectivity index (χ3n) is 0.321. The molecule has 0 saturated carbocycles. The van der Waals surface area contributed by atoms with Crippen molar-refractivity contribution in [1.29, 1.82) is 0 Å². The fourth-order valence-electron chi connectivity index (χ4n) is 0. The Labute approximate surface area is 70.3 Å².